The third-order valence-corrected chi connectivity index (χ3v) is 2.79. The van der Waals surface area contributed by atoms with Crippen LogP contribution in [-0.2, 0) is 0 Å². The van der Waals surface area contributed by atoms with Crippen molar-refractivity contribution in [1.82, 2.24) is 0 Å². The molecule has 0 unspecified atom stereocenters. The van der Waals surface area contributed by atoms with E-state index < -0.39 is 0 Å². The molecular formula is C13H19ClO. The summed E-state index contributed by atoms with van der Waals surface area (Å²) >= 11 is 5.64. The van der Waals surface area contributed by atoms with E-state index in [1.54, 1.807) is 0 Å². The molecule has 1 aromatic carbocycles. The Labute approximate surface area is 97.1 Å². The van der Waals surface area contributed by atoms with Crippen molar-refractivity contribution in [2.24, 2.45) is 0 Å². The fraction of sp³-hybridized carbons (Fsp3) is 0.538. The Bertz CT molecular complexity index is 262. The van der Waals surface area contributed by atoms with Crippen molar-refractivity contribution in [2.45, 2.75) is 45.1 Å². The quantitative estimate of drug-likeness (QED) is 0.710. The van der Waals surface area contributed by atoms with Gasteiger partial charge in [-0.05, 0) is 37.5 Å². The molecule has 0 spiro atoms. The summed E-state index contributed by atoms with van der Waals surface area (Å²) in [6.07, 6.45) is 5.92. The van der Waals surface area contributed by atoms with Gasteiger partial charge in [-0.3, -0.25) is 0 Å². The van der Waals surface area contributed by atoms with E-state index in [1.165, 1.54) is 24.8 Å². The zero-order valence-corrected chi connectivity index (χ0v) is 10.0. The average molecular weight is 227 g/mol. The summed E-state index contributed by atoms with van der Waals surface area (Å²) in [6.45, 7) is 2.02. The molecule has 0 bridgehead atoms. The molecule has 1 aromatic rings. The van der Waals surface area contributed by atoms with Gasteiger partial charge in [-0.15, -0.1) is 0 Å². The van der Waals surface area contributed by atoms with Gasteiger partial charge in [-0.2, -0.15) is 0 Å². The summed E-state index contributed by atoms with van der Waals surface area (Å²) in [5.74, 6) is 0. The highest BCUT2D eigenvalue weighted by Gasteiger charge is 2.07. The highest BCUT2D eigenvalue weighted by Crippen LogP contribution is 2.16. The van der Waals surface area contributed by atoms with Crippen LogP contribution in [-0.4, -0.2) is 11.2 Å². The minimum absolute atomic E-state index is 0.0359. The van der Waals surface area contributed by atoms with Gasteiger partial charge >= 0.3 is 0 Å². The fourth-order valence-corrected chi connectivity index (χ4v) is 1.93. The van der Waals surface area contributed by atoms with Crippen LogP contribution in [0.1, 0.15) is 37.7 Å². The van der Waals surface area contributed by atoms with E-state index in [4.69, 9.17) is 16.7 Å². The van der Waals surface area contributed by atoms with E-state index >= 15 is 0 Å². The Morgan fingerprint density at radius 2 is 1.87 bits per heavy atom. The van der Waals surface area contributed by atoms with Crippen LogP contribution in [0.3, 0.4) is 0 Å². The van der Waals surface area contributed by atoms with Crippen molar-refractivity contribution in [3.8, 4) is 0 Å². The number of aryl methyl sites for hydroxylation is 1. The molecule has 0 saturated heterocycles. The van der Waals surface area contributed by atoms with Crippen molar-refractivity contribution < 1.29 is 5.11 Å². The second-order valence-electron chi connectivity index (χ2n) is 4.09. The molecule has 84 valence electrons. The maximum atomic E-state index is 8.91. The molecule has 0 aliphatic heterocycles. The Balaban J connectivity index is 0.000000151. The number of aliphatic hydroxyl groups excluding tert-OH is 1. The lowest BCUT2D eigenvalue weighted by molar-refractivity contribution is 0.130. The maximum absolute atomic E-state index is 8.91. The van der Waals surface area contributed by atoms with Crippen LogP contribution in [0.15, 0.2) is 24.3 Å². The molecule has 2 rings (SSSR count). The molecular weight excluding hydrogens is 208 g/mol. The molecule has 1 fully saturated rings. The lowest BCUT2D eigenvalue weighted by Gasteiger charge is -2.14. The molecule has 1 saturated carbocycles. The molecule has 1 aliphatic carbocycles. The molecule has 2 heteroatoms. The van der Waals surface area contributed by atoms with E-state index in [0.717, 1.165) is 17.9 Å². The number of rotatable bonds is 0. The Hall–Kier alpha value is -0.530. The standard InChI is InChI=1S/C7H7Cl.C6H12O/c1-6-3-2-4-7(8)5-6;7-6-4-2-1-3-5-6/h2-5H,1H3;6-7H,1-5H2. The summed E-state index contributed by atoms with van der Waals surface area (Å²) in [6, 6.07) is 7.76. The molecule has 1 aliphatic rings. The van der Waals surface area contributed by atoms with Crippen molar-refractivity contribution in [1.29, 1.82) is 0 Å². The van der Waals surface area contributed by atoms with Gasteiger partial charge in [-0.25, -0.2) is 0 Å². The largest absolute Gasteiger partial charge is 0.393 e. The highest BCUT2D eigenvalue weighted by atomic mass is 35.5. The average Bonchev–Trinajstić information content (AvgIpc) is 2.19. The monoisotopic (exact) mass is 226 g/mol. The first-order chi connectivity index (χ1) is 7.18. The molecule has 0 atom stereocenters. The number of hydrogen-bond acceptors (Lipinski definition) is 1. The molecule has 0 heterocycles. The topological polar surface area (TPSA) is 20.2 Å². The fourth-order valence-electron chi connectivity index (χ4n) is 1.69. The number of aliphatic hydroxyl groups is 1. The third-order valence-electron chi connectivity index (χ3n) is 2.55. The van der Waals surface area contributed by atoms with Crippen LogP contribution < -0.4 is 0 Å². The van der Waals surface area contributed by atoms with Gasteiger partial charge in [0.2, 0.25) is 0 Å². The van der Waals surface area contributed by atoms with Crippen LogP contribution in [0.25, 0.3) is 0 Å². The smallest absolute Gasteiger partial charge is 0.0540 e. The third kappa shape index (κ3) is 5.81. The number of halogens is 1. The highest BCUT2D eigenvalue weighted by molar-refractivity contribution is 6.30. The minimum atomic E-state index is 0.0359. The molecule has 1 N–H and O–H groups in total. The van der Waals surface area contributed by atoms with Crippen LogP contribution in [0.5, 0.6) is 0 Å². The normalized spacial score (nSPS) is 16.7. The van der Waals surface area contributed by atoms with Gasteiger partial charge in [0.1, 0.15) is 0 Å². The second-order valence-corrected chi connectivity index (χ2v) is 4.53. The Morgan fingerprint density at radius 3 is 2.20 bits per heavy atom. The summed E-state index contributed by atoms with van der Waals surface area (Å²) in [5, 5.41) is 9.72. The van der Waals surface area contributed by atoms with Gasteiger partial charge in [0.05, 0.1) is 6.10 Å². The molecule has 0 aromatic heterocycles. The minimum Gasteiger partial charge on any atom is -0.393 e. The molecule has 1 nitrogen and oxygen atoms in total. The summed E-state index contributed by atoms with van der Waals surface area (Å²) in [4.78, 5) is 0. The number of benzene rings is 1. The SMILES string of the molecule is Cc1cccc(Cl)c1.OC1CCCCC1. The summed E-state index contributed by atoms with van der Waals surface area (Å²) < 4.78 is 0. The van der Waals surface area contributed by atoms with Crippen molar-refractivity contribution in [3.63, 3.8) is 0 Å². The van der Waals surface area contributed by atoms with Crippen LogP contribution in [0, 0.1) is 6.92 Å². The van der Waals surface area contributed by atoms with E-state index in [9.17, 15) is 0 Å². The van der Waals surface area contributed by atoms with Gasteiger partial charge in [0, 0.05) is 5.02 Å². The Kier molecular flexibility index (Phi) is 5.74. The van der Waals surface area contributed by atoms with Crippen LogP contribution >= 0.6 is 11.6 Å². The lowest BCUT2D eigenvalue weighted by Crippen LogP contribution is -2.09. The van der Waals surface area contributed by atoms with E-state index in [2.05, 4.69) is 0 Å². The second kappa shape index (κ2) is 6.86. The Morgan fingerprint density at radius 1 is 1.20 bits per heavy atom. The van der Waals surface area contributed by atoms with Crippen LogP contribution in [0.4, 0.5) is 0 Å². The van der Waals surface area contributed by atoms with Crippen molar-refractivity contribution >= 4 is 11.6 Å². The number of hydrogen-bond donors (Lipinski definition) is 1. The van der Waals surface area contributed by atoms with E-state index in [-0.39, 0.29) is 6.10 Å². The summed E-state index contributed by atoms with van der Waals surface area (Å²) in [5.41, 5.74) is 1.21. The van der Waals surface area contributed by atoms with Crippen LogP contribution in [0.2, 0.25) is 5.02 Å². The first-order valence-electron chi connectivity index (χ1n) is 5.59. The zero-order valence-electron chi connectivity index (χ0n) is 9.25. The van der Waals surface area contributed by atoms with Crippen molar-refractivity contribution in [2.75, 3.05) is 0 Å². The zero-order chi connectivity index (χ0) is 11.1. The first kappa shape index (κ1) is 12.5. The van der Waals surface area contributed by atoms with Gasteiger partial charge in [0.15, 0.2) is 0 Å². The van der Waals surface area contributed by atoms with Crippen molar-refractivity contribution in [3.05, 3.63) is 34.9 Å². The molecule has 15 heavy (non-hydrogen) atoms. The summed E-state index contributed by atoms with van der Waals surface area (Å²) in [7, 11) is 0. The predicted molar refractivity (Wildman–Crippen MR) is 65.3 cm³/mol. The van der Waals surface area contributed by atoms with E-state index in [1.807, 2.05) is 31.2 Å². The van der Waals surface area contributed by atoms with Gasteiger partial charge < -0.3 is 5.11 Å². The first-order valence-corrected chi connectivity index (χ1v) is 5.96. The molecule has 0 amide bonds. The lowest BCUT2D eigenvalue weighted by atomic mass is 9.98. The van der Waals surface area contributed by atoms with E-state index in [0.29, 0.717) is 0 Å². The predicted octanol–water partition coefficient (Wildman–Crippen LogP) is 3.96. The van der Waals surface area contributed by atoms with Gasteiger partial charge in [-0.1, -0.05) is 43.0 Å². The maximum Gasteiger partial charge on any atom is 0.0540 e. The van der Waals surface area contributed by atoms with Gasteiger partial charge in [0.25, 0.3) is 0 Å². The molecule has 0 radical (unpaired) electrons.